The number of fused-ring (bicyclic) bond motifs is 1. The quantitative estimate of drug-likeness (QED) is 0.463. The van der Waals surface area contributed by atoms with E-state index in [1.54, 1.807) is 6.07 Å². The molecule has 130 valence electrons. The summed E-state index contributed by atoms with van der Waals surface area (Å²) >= 11 is 0. The molecular weight excluding hydrogens is 361 g/mol. The normalized spacial score (nSPS) is 16.4. The lowest BCUT2D eigenvalue weighted by atomic mass is 9.98. The molecule has 1 aromatic carbocycles. The average molecular weight is 369 g/mol. The highest BCUT2D eigenvalue weighted by Gasteiger charge is 2.50. The van der Waals surface area contributed by atoms with Gasteiger partial charge in [0, 0.05) is 6.08 Å². The van der Waals surface area contributed by atoms with Crippen LogP contribution in [0.2, 0.25) is 0 Å². The molecule has 0 unspecified atom stereocenters. The van der Waals surface area contributed by atoms with Gasteiger partial charge in [-0.15, -0.1) is 0 Å². The average Bonchev–Trinajstić information content (AvgIpc) is 2.52. The van der Waals surface area contributed by atoms with Crippen LogP contribution in [0.4, 0.5) is 22.0 Å². The first-order valence-corrected chi connectivity index (χ1v) is 7.57. The Kier molecular flexibility index (Phi) is 4.45. The molecule has 1 aliphatic heterocycles. The summed E-state index contributed by atoms with van der Waals surface area (Å²) in [5, 5.41) is 8.81. The summed E-state index contributed by atoms with van der Waals surface area (Å²) in [4.78, 5) is 0. The lowest BCUT2D eigenvalue weighted by molar-refractivity contribution is -0.0511. The number of rotatable bonds is 4. The second kappa shape index (κ2) is 5.94. The van der Waals surface area contributed by atoms with E-state index in [2.05, 4.69) is 4.18 Å². The highest BCUT2D eigenvalue weighted by atomic mass is 32.2. The number of nitrogens with zero attached hydrogens (tertiary/aromatic N) is 1. The summed E-state index contributed by atoms with van der Waals surface area (Å²) in [7, 11) is -6.08. The summed E-state index contributed by atoms with van der Waals surface area (Å²) in [5.41, 5.74) is -8.46. The molecule has 0 spiro atoms. The Morgan fingerprint density at radius 2 is 1.88 bits per heavy atom. The van der Waals surface area contributed by atoms with E-state index in [-0.39, 0.29) is 16.9 Å². The Morgan fingerprint density at radius 1 is 1.25 bits per heavy atom. The van der Waals surface area contributed by atoms with Crippen molar-refractivity contribution in [2.45, 2.75) is 11.1 Å². The molecule has 0 aliphatic carbocycles. The summed E-state index contributed by atoms with van der Waals surface area (Å²) in [6.45, 7) is -2.97. The first-order chi connectivity index (χ1) is 11.1. The van der Waals surface area contributed by atoms with Crippen LogP contribution in [-0.4, -0.2) is 32.9 Å². The molecule has 0 saturated carbocycles. The fourth-order valence-electron chi connectivity index (χ4n) is 1.85. The van der Waals surface area contributed by atoms with Gasteiger partial charge in [0.2, 0.25) is 0 Å². The van der Waals surface area contributed by atoms with Crippen molar-refractivity contribution in [3.63, 3.8) is 0 Å². The zero-order valence-corrected chi connectivity index (χ0v) is 12.4. The molecule has 5 nitrogen and oxygen atoms in total. The van der Waals surface area contributed by atoms with Crippen molar-refractivity contribution in [2.24, 2.45) is 0 Å². The third-order valence-electron chi connectivity index (χ3n) is 3.02. The van der Waals surface area contributed by atoms with E-state index in [4.69, 9.17) is 10.00 Å². The van der Waals surface area contributed by atoms with Gasteiger partial charge in [0.15, 0.2) is 11.4 Å². The number of halogens is 5. The number of alkyl halides is 5. The fourth-order valence-corrected chi connectivity index (χ4v) is 2.32. The van der Waals surface area contributed by atoms with Gasteiger partial charge < -0.3 is 8.92 Å². The van der Waals surface area contributed by atoms with Gasteiger partial charge in [0.05, 0.1) is 17.2 Å². The molecular formula is C13H8F5NO4S. The molecule has 1 heterocycles. The van der Waals surface area contributed by atoms with Crippen molar-refractivity contribution in [1.82, 2.24) is 0 Å². The topological polar surface area (TPSA) is 76.4 Å². The molecule has 11 heteroatoms. The van der Waals surface area contributed by atoms with Crippen LogP contribution in [0.15, 0.2) is 24.3 Å². The van der Waals surface area contributed by atoms with Gasteiger partial charge in [0.25, 0.3) is 0 Å². The Hall–Kier alpha value is -2.35. The van der Waals surface area contributed by atoms with Gasteiger partial charge >= 0.3 is 15.6 Å². The molecule has 24 heavy (non-hydrogen) atoms. The van der Waals surface area contributed by atoms with E-state index in [0.29, 0.717) is 6.08 Å². The van der Waals surface area contributed by atoms with Crippen molar-refractivity contribution < 1.29 is 39.3 Å². The minimum atomic E-state index is -6.08. The van der Waals surface area contributed by atoms with E-state index in [9.17, 15) is 30.4 Å². The molecule has 2 rings (SSSR count). The molecule has 1 aliphatic rings. The number of nitriles is 1. The Morgan fingerprint density at radius 3 is 2.38 bits per heavy atom. The largest absolute Gasteiger partial charge is 0.534 e. The maximum Gasteiger partial charge on any atom is 0.534 e. The molecule has 0 saturated heterocycles. The van der Waals surface area contributed by atoms with Crippen LogP contribution in [0.5, 0.6) is 5.75 Å². The van der Waals surface area contributed by atoms with Gasteiger partial charge in [-0.05, 0) is 18.2 Å². The summed E-state index contributed by atoms with van der Waals surface area (Å²) in [5.74, 6) is -1.29. The van der Waals surface area contributed by atoms with Crippen molar-refractivity contribution >= 4 is 15.9 Å². The number of hydrogen-bond donors (Lipinski definition) is 0. The predicted molar refractivity (Wildman–Crippen MR) is 70.5 cm³/mol. The number of ether oxygens (including phenoxy) is 1. The standard InChI is InChI=1S/C13H8F5NO4S/c14-6-12(7-15)4-11(23-24(20,21)13(16,17)18)9-3-8(5-19)1-2-10(9)22-12/h1-4H,6-7H2. The van der Waals surface area contributed by atoms with E-state index < -0.39 is 40.3 Å². The monoisotopic (exact) mass is 369 g/mol. The second-order valence-corrected chi connectivity index (χ2v) is 6.29. The molecule has 0 fully saturated rings. The van der Waals surface area contributed by atoms with E-state index in [0.717, 1.165) is 12.1 Å². The van der Waals surface area contributed by atoms with Crippen LogP contribution in [-0.2, 0) is 14.3 Å². The maximum absolute atomic E-state index is 13.1. The minimum Gasteiger partial charge on any atom is -0.477 e. The van der Waals surface area contributed by atoms with Gasteiger partial charge in [0.1, 0.15) is 19.1 Å². The van der Waals surface area contributed by atoms with Crippen molar-refractivity contribution in [2.75, 3.05) is 13.3 Å². The van der Waals surface area contributed by atoms with Crippen LogP contribution in [0.3, 0.4) is 0 Å². The lowest BCUT2D eigenvalue weighted by Gasteiger charge is -2.32. The fraction of sp³-hybridized carbons (Fsp3) is 0.308. The van der Waals surface area contributed by atoms with Crippen LogP contribution >= 0.6 is 0 Å². The van der Waals surface area contributed by atoms with Crippen LogP contribution in [0.25, 0.3) is 5.76 Å². The molecule has 0 radical (unpaired) electrons. The Balaban J connectivity index is 2.61. The van der Waals surface area contributed by atoms with Gasteiger partial charge in [-0.2, -0.15) is 26.9 Å². The SMILES string of the molecule is N#Cc1ccc2c(c1)C(OS(=O)(=O)C(F)(F)F)=CC(CF)(CF)O2. The Bertz CT molecular complexity index is 822. The van der Waals surface area contributed by atoms with Crippen LogP contribution < -0.4 is 4.74 Å². The minimum absolute atomic E-state index is 0.0516. The number of benzene rings is 1. The van der Waals surface area contributed by atoms with Gasteiger partial charge in [-0.3, -0.25) is 0 Å². The third-order valence-corrected chi connectivity index (χ3v) is 3.98. The van der Waals surface area contributed by atoms with Crippen molar-refractivity contribution in [3.05, 3.63) is 35.4 Å². The van der Waals surface area contributed by atoms with E-state index in [1.807, 2.05) is 0 Å². The summed E-state index contributed by atoms with van der Waals surface area (Å²) in [6, 6.07) is 4.92. The van der Waals surface area contributed by atoms with E-state index >= 15 is 0 Å². The van der Waals surface area contributed by atoms with Gasteiger partial charge in [-0.25, -0.2) is 8.78 Å². The van der Waals surface area contributed by atoms with Gasteiger partial charge in [-0.1, -0.05) is 0 Å². The molecule has 0 amide bonds. The summed E-state index contributed by atoms with van der Waals surface area (Å²) in [6.07, 6.45) is 0.472. The maximum atomic E-state index is 13.1. The van der Waals surface area contributed by atoms with Crippen LogP contribution in [0, 0.1) is 11.3 Å². The Labute approximate surface area is 133 Å². The van der Waals surface area contributed by atoms with Crippen molar-refractivity contribution in [1.29, 1.82) is 5.26 Å². The molecule has 0 N–H and O–H groups in total. The number of hydrogen-bond acceptors (Lipinski definition) is 5. The highest BCUT2D eigenvalue weighted by Crippen LogP contribution is 2.40. The third kappa shape index (κ3) is 3.14. The first kappa shape index (κ1) is 18.0. The molecule has 0 atom stereocenters. The van der Waals surface area contributed by atoms with E-state index in [1.165, 1.54) is 6.07 Å². The smallest absolute Gasteiger partial charge is 0.477 e. The predicted octanol–water partition coefficient (Wildman–Crippen LogP) is 2.84. The molecule has 0 bridgehead atoms. The lowest BCUT2D eigenvalue weighted by Crippen LogP contribution is -2.41. The van der Waals surface area contributed by atoms with Crippen LogP contribution in [0.1, 0.15) is 11.1 Å². The summed E-state index contributed by atoms with van der Waals surface area (Å²) < 4.78 is 95.2. The zero-order chi connectivity index (χ0) is 18.2. The molecule has 0 aromatic heterocycles. The zero-order valence-electron chi connectivity index (χ0n) is 11.6. The first-order valence-electron chi connectivity index (χ1n) is 6.16. The second-order valence-electron chi connectivity index (χ2n) is 4.75. The highest BCUT2D eigenvalue weighted by molar-refractivity contribution is 7.87. The molecule has 1 aromatic rings. The van der Waals surface area contributed by atoms with Crippen molar-refractivity contribution in [3.8, 4) is 11.8 Å².